The molecular weight excluding hydrogens is 102 g/mol. The van der Waals surface area contributed by atoms with Crippen molar-refractivity contribution in [2.45, 2.75) is 6.04 Å². The van der Waals surface area contributed by atoms with Crippen LogP contribution >= 0.6 is 0 Å². The Morgan fingerprint density at radius 3 is 2.62 bits per heavy atom. The Kier molecular flexibility index (Phi) is 4.33. The van der Waals surface area contributed by atoms with Crippen LogP contribution in [0.5, 0.6) is 0 Å². The zero-order valence-electron chi connectivity index (χ0n) is 5.27. The molecule has 0 aliphatic carbocycles. The number of nitrogens with one attached hydrogen (secondary N) is 1. The molecule has 0 aromatic carbocycles. The summed E-state index contributed by atoms with van der Waals surface area (Å²) in [5, 5.41) is 2.89. The topological polar surface area (TPSA) is 21.3 Å². The Balaban J connectivity index is 3.26. The molecule has 1 atom stereocenters. The summed E-state index contributed by atoms with van der Waals surface area (Å²) in [5.74, 6) is 2.52. The van der Waals surface area contributed by atoms with Gasteiger partial charge < -0.3 is 10.1 Å². The summed E-state index contributed by atoms with van der Waals surface area (Å²) in [6, 6.07) is 0.0556. The van der Waals surface area contributed by atoms with Crippen LogP contribution in [0.2, 0.25) is 0 Å². The quantitative estimate of drug-likeness (QED) is 0.514. The summed E-state index contributed by atoms with van der Waals surface area (Å²) in [6.45, 7) is 0.576. The Morgan fingerprint density at radius 2 is 2.50 bits per heavy atom. The molecule has 0 aromatic heterocycles. The molecule has 0 fully saturated rings. The van der Waals surface area contributed by atoms with E-state index in [9.17, 15) is 0 Å². The van der Waals surface area contributed by atoms with E-state index in [1.54, 1.807) is 7.11 Å². The fourth-order valence-corrected chi connectivity index (χ4v) is 0.381. The Bertz CT molecular complexity index is 85.0. The molecule has 2 heteroatoms. The van der Waals surface area contributed by atoms with Crippen LogP contribution in [-0.2, 0) is 4.74 Å². The van der Waals surface area contributed by atoms with Crippen molar-refractivity contribution in [3.8, 4) is 12.3 Å². The van der Waals surface area contributed by atoms with Gasteiger partial charge in [0.15, 0.2) is 0 Å². The van der Waals surface area contributed by atoms with Gasteiger partial charge in [0, 0.05) is 7.11 Å². The molecule has 0 saturated heterocycles. The monoisotopic (exact) mass is 113 g/mol. The maximum atomic E-state index is 5.08. The number of terminal acetylenes is 1. The van der Waals surface area contributed by atoms with Crippen LogP contribution in [0.25, 0.3) is 0 Å². The van der Waals surface area contributed by atoms with Crippen LogP contribution in [0.4, 0.5) is 0 Å². The molecule has 2 nitrogen and oxygen atoms in total. The Hall–Kier alpha value is -0.520. The molecule has 0 bridgehead atoms. The predicted molar refractivity (Wildman–Crippen MR) is 33.6 cm³/mol. The molecule has 46 valence electrons. The second-order valence-electron chi connectivity index (χ2n) is 1.46. The molecule has 0 aromatic rings. The minimum Gasteiger partial charge on any atom is -0.382 e. The van der Waals surface area contributed by atoms with E-state index in [0.29, 0.717) is 6.61 Å². The number of likely N-dealkylation sites (N-methyl/N-ethyl adjacent to an activating group) is 1. The average molecular weight is 113 g/mol. The molecule has 1 N–H and O–H groups in total. The predicted octanol–water partition coefficient (Wildman–Crippen LogP) is -0.146. The van der Waals surface area contributed by atoms with Crippen LogP contribution in [0.1, 0.15) is 0 Å². The zero-order chi connectivity index (χ0) is 6.41. The standard InChI is InChI=1S/C6H11NO/c1-4-6(7-2)5-8-3/h1,6-7H,5H2,2-3H3. The third-order valence-electron chi connectivity index (χ3n) is 0.883. The smallest absolute Gasteiger partial charge is 0.0921 e. The van der Waals surface area contributed by atoms with Crippen LogP contribution in [0.3, 0.4) is 0 Å². The molecule has 0 heterocycles. The molecule has 8 heavy (non-hydrogen) atoms. The highest BCUT2D eigenvalue weighted by molar-refractivity contribution is 4.97. The third kappa shape index (κ3) is 2.62. The van der Waals surface area contributed by atoms with E-state index in [1.807, 2.05) is 7.05 Å². The van der Waals surface area contributed by atoms with Crippen molar-refractivity contribution in [3.63, 3.8) is 0 Å². The van der Waals surface area contributed by atoms with Gasteiger partial charge in [-0.2, -0.15) is 0 Å². The summed E-state index contributed by atoms with van der Waals surface area (Å²) in [7, 11) is 3.44. The highest BCUT2D eigenvalue weighted by Gasteiger charge is 1.95. The van der Waals surface area contributed by atoms with Crippen molar-refractivity contribution < 1.29 is 4.74 Å². The highest BCUT2D eigenvalue weighted by Crippen LogP contribution is 1.77. The number of methoxy groups -OCH3 is 1. The number of ether oxygens (including phenoxy) is 1. The minimum absolute atomic E-state index is 0.0556. The first-order valence-corrected chi connectivity index (χ1v) is 2.47. The van der Waals surface area contributed by atoms with Gasteiger partial charge in [-0.05, 0) is 7.05 Å². The molecule has 0 spiro atoms. The van der Waals surface area contributed by atoms with Crippen molar-refractivity contribution in [2.24, 2.45) is 0 Å². The Labute approximate surface area is 50.2 Å². The average Bonchev–Trinajstić information content (AvgIpc) is 1.83. The molecule has 0 rings (SSSR count). The number of hydrogen-bond donors (Lipinski definition) is 1. The molecule has 0 saturated carbocycles. The van der Waals surface area contributed by atoms with Crippen LogP contribution in [0.15, 0.2) is 0 Å². The maximum absolute atomic E-state index is 5.08. The van der Waals surface area contributed by atoms with Gasteiger partial charge in [-0.3, -0.25) is 0 Å². The van der Waals surface area contributed by atoms with E-state index < -0.39 is 0 Å². The van der Waals surface area contributed by atoms with Gasteiger partial charge in [-0.15, -0.1) is 6.42 Å². The minimum atomic E-state index is 0.0556. The van der Waals surface area contributed by atoms with Crippen LogP contribution in [0, 0.1) is 12.3 Å². The number of hydrogen-bond acceptors (Lipinski definition) is 2. The van der Waals surface area contributed by atoms with Gasteiger partial charge in [0.25, 0.3) is 0 Å². The van der Waals surface area contributed by atoms with Crippen molar-refractivity contribution >= 4 is 0 Å². The van der Waals surface area contributed by atoms with Crippen LogP contribution < -0.4 is 5.32 Å². The fraction of sp³-hybridized carbons (Fsp3) is 0.667. The van der Waals surface area contributed by atoms with E-state index in [2.05, 4.69) is 11.2 Å². The van der Waals surface area contributed by atoms with Crippen molar-refractivity contribution in [3.05, 3.63) is 0 Å². The fourth-order valence-electron chi connectivity index (χ4n) is 0.381. The van der Waals surface area contributed by atoms with Gasteiger partial charge in [0.1, 0.15) is 0 Å². The highest BCUT2D eigenvalue weighted by atomic mass is 16.5. The first-order valence-electron chi connectivity index (χ1n) is 2.47. The van der Waals surface area contributed by atoms with Crippen molar-refractivity contribution in [1.82, 2.24) is 5.32 Å². The van der Waals surface area contributed by atoms with Gasteiger partial charge in [-0.25, -0.2) is 0 Å². The van der Waals surface area contributed by atoms with Gasteiger partial charge in [0.05, 0.1) is 12.6 Å². The van der Waals surface area contributed by atoms with Gasteiger partial charge >= 0.3 is 0 Å². The van der Waals surface area contributed by atoms with Gasteiger partial charge in [-0.1, -0.05) is 5.92 Å². The van der Waals surface area contributed by atoms with E-state index in [4.69, 9.17) is 11.2 Å². The SMILES string of the molecule is C#CC(COC)NC. The molecule has 1 unspecified atom stereocenters. The maximum Gasteiger partial charge on any atom is 0.0921 e. The molecule has 0 aliphatic rings. The van der Waals surface area contributed by atoms with Crippen molar-refractivity contribution in [1.29, 1.82) is 0 Å². The van der Waals surface area contributed by atoms with Crippen LogP contribution in [-0.4, -0.2) is 26.8 Å². The normalized spacial score (nSPS) is 12.6. The summed E-state index contributed by atoms with van der Waals surface area (Å²) in [5.41, 5.74) is 0. The first kappa shape index (κ1) is 7.48. The molecule has 0 radical (unpaired) electrons. The van der Waals surface area contributed by atoms with Gasteiger partial charge in [0.2, 0.25) is 0 Å². The summed E-state index contributed by atoms with van der Waals surface area (Å²) in [6.07, 6.45) is 5.08. The van der Waals surface area contributed by atoms with Crippen molar-refractivity contribution in [2.75, 3.05) is 20.8 Å². The second kappa shape index (κ2) is 4.63. The Morgan fingerprint density at radius 1 is 1.88 bits per heavy atom. The third-order valence-corrected chi connectivity index (χ3v) is 0.883. The number of rotatable bonds is 3. The van der Waals surface area contributed by atoms with E-state index in [1.165, 1.54) is 0 Å². The van der Waals surface area contributed by atoms with E-state index >= 15 is 0 Å². The van der Waals surface area contributed by atoms with E-state index in [0.717, 1.165) is 0 Å². The zero-order valence-corrected chi connectivity index (χ0v) is 5.27. The first-order chi connectivity index (χ1) is 3.85. The lowest BCUT2D eigenvalue weighted by Gasteiger charge is -2.05. The second-order valence-corrected chi connectivity index (χ2v) is 1.46. The lowest BCUT2D eigenvalue weighted by molar-refractivity contribution is 0.186. The summed E-state index contributed by atoms with van der Waals surface area (Å²) < 4.78 is 4.78. The lowest BCUT2D eigenvalue weighted by atomic mass is 10.3. The molecular formula is C6H11NO. The lowest BCUT2D eigenvalue weighted by Crippen LogP contribution is -2.27. The van der Waals surface area contributed by atoms with E-state index in [-0.39, 0.29) is 6.04 Å². The molecule has 0 aliphatic heterocycles. The summed E-state index contributed by atoms with van der Waals surface area (Å²) >= 11 is 0. The summed E-state index contributed by atoms with van der Waals surface area (Å²) in [4.78, 5) is 0. The largest absolute Gasteiger partial charge is 0.382 e. The molecule has 0 amide bonds.